The van der Waals surface area contributed by atoms with Gasteiger partial charge in [-0.25, -0.2) is 9.69 Å². The predicted octanol–water partition coefficient (Wildman–Crippen LogP) is -0.665. The van der Waals surface area contributed by atoms with E-state index in [1.165, 1.54) is 43.3 Å². The largest absolute Gasteiger partial charge is 0.352 e. The van der Waals surface area contributed by atoms with Crippen LogP contribution in [0, 0.1) is 0 Å². The van der Waals surface area contributed by atoms with Crippen molar-refractivity contribution in [3.63, 3.8) is 0 Å². The number of hydrogen-bond donors (Lipinski definition) is 5. The van der Waals surface area contributed by atoms with Crippen molar-refractivity contribution >= 4 is 41.0 Å². The lowest BCUT2D eigenvalue weighted by atomic mass is 10.1. The van der Waals surface area contributed by atoms with Gasteiger partial charge in [0.1, 0.15) is 6.04 Å². The molecule has 160 valence electrons. The normalized spacial score (nSPS) is 14.9. The van der Waals surface area contributed by atoms with E-state index < -0.39 is 41.7 Å². The molecule has 0 radical (unpaired) electrons. The van der Waals surface area contributed by atoms with E-state index in [4.69, 9.17) is 11.5 Å². The molecule has 1 aromatic carbocycles. The van der Waals surface area contributed by atoms with Crippen LogP contribution in [0.5, 0.6) is 0 Å². The monoisotopic (exact) mass is 416 g/mol. The fourth-order valence-electron chi connectivity index (χ4n) is 2.67. The number of nitrogens with two attached hydrogens (primary N) is 2. The summed E-state index contributed by atoms with van der Waals surface area (Å²) in [6.45, 7) is 1.74. The SMILES string of the molecule is CC(N)C(=O)N[C@@H](CCCNC(N)=O)C(=O)Nc1ccc(N2C(=O)C=CC2=O)cc1. The lowest BCUT2D eigenvalue weighted by Crippen LogP contribution is -2.49. The van der Waals surface area contributed by atoms with Crippen LogP contribution in [0.3, 0.4) is 0 Å². The van der Waals surface area contributed by atoms with Crippen LogP contribution in [0.2, 0.25) is 0 Å². The van der Waals surface area contributed by atoms with Gasteiger partial charge in [-0.2, -0.15) is 0 Å². The lowest BCUT2D eigenvalue weighted by Gasteiger charge is -2.20. The summed E-state index contributed by atoms with van der Waals surface area (Å²) in [4.78, 5) is 59.8. The van der Waals surface area contributed by atoms with Gasteiger partial charge < -0.3 is 27.4 Å². The van der Waals surface area contributed by atoms with Crippen molar-refractivity contribution in [2.45, 2.75) is 31.8 Å². The minimum absolute atomic E-state index is 0.241. The second kappa shape index (κ2) is 10.2. The van der Waals surface area contributed by atoms with Gasteiger partial charge in [0, 0.05) is 24.4 Å². The molecule has 0 bridgehead atoms. The number of amides is 6. The minimum Gasteiger partial charge on any atom is -0.352 e. The van der Waals surface area contributed by atoms with Crippen molar-refractivity contribution in [1.82, 2.24) is 10.6 Å². The summed E-state index contributed by atoms with van der Waals surface area (Å²) >= 11 is 0. The van der Waals surface area contributed by atoms with Gasteiger partial charge in [0.2, 0.25) is 11.8 Å². The van der Waals surface area contributed by atoms with Crippen molar-refractivity contribution in [1.29, 1.82) is 0 Å². The van der Waals surface area contributed by atoms with E-state index in [1.807, 2.05) is 0 Å². The molecule has 1 heterocycles. The fourth-order valence-corrected chi connectivity index (χ4v) is 2.67. The molecular formula is C19H24N6O5. The fraction of sp³-hybridized carbons (Fsp3) is 0.316. The second-order valence-corrected chi connectivity index (χ2v) is 6.66. The van der Waals surface area contributed by atoms with Crippen molar-refractivity contribution < 1.29 is 24.0 Å². The topological polar surface area (TPSA) is 177 Å². The average molecular weight is 416 g/mol. The van der Waals surface area contributed by atoms with Crippen LogP contribution in [0.1, 0.15) is 19.8 Å². The number of rotatable bonds is 9. The molecule has 2 rings (SSSR count). The van der Waals surface area contributed by atoms with Gasteiger partial charge in [-0.05, 0) is 44.0 Å². The molecule has 1 aliphatic heterocycles. The summed E-state index contributed by atoms with van der Waals surface area (Å²) < 4.78 is 0. The van der Waals surface area contributed by atoms with E-state index in [0.29, 0.717) is 17.8 Å². The number of benzene rings is 1. The maximum Gasteiger partial charge on any atom is 0.312 e. The first-order valence-electron chi connectivity index (χ1n) is 9.25. The van der Waals surface area contributed by atoms with E-state index in [9.17, 15) is 24.0 Å². The van der Waals surface area contributed by atoms with Crippen molar-refractivity contribution in [3.05, 3.63) is 36.4 Å². The van der Waals surface area contributed by atoms with Crippen LogP contribution in [-0.2, 0) is 19.2 Å². The Morgan fingerprint density at radius 3 is 2.17 bits per heavy atom. The first-order valence-corrected chi connectivity index (χ1v) is 9.25. The van der Waals surface area contributed by atoms with Gasteiger partial charge >= 0.3 is 6.03 Å². The molecule has 1 aliphatic rings. The van der Waals surface area contributed by atoms with E-state index in [-0.39, 0.29) is 13.0 Å². The molecule has 0 saturated heterocycles. The molecule has 2 atom stereocenters. The van der Waals surface area contributed by atoms with Crippen molar-refractivity contribution in [3.8, 4) is 0 Å². The lowest BCUT2D eigenvalue weighted by molar-refractivity contribution is -0.127. The molecule has 7 N–H and O–H groups in total. The Labute approximate surface area is 172 Å². The maximum absolute atomic E-state index is 12.6. The van der Waals surface area contributed by atoms with Gasteiger partial charge in [0.25, 0.3) is 11.8 Å². The molecule has 6 amide bonds. The van der Waals surface area contributed by atoms with Crippen LogP contribution >= 0.6 is 0 Å². The van der Waals surface area contributed by atoms with Crippen LogP contribution in [0.4, 0.5) is 16.2 Å². The Morgan fingerprint density at radius 1 is 1.03 bits per heavy atom. The van der Waals surface area contributed by atoms with Crippen LogP contribution in [-0.4, -0.2) is 48.3 Å². The quantitative estimate of drug-likeness (QED) is 0.263. The molecule has 0 spiro atoms. The number of imide groups is 1. The summed E-state index contributed by atoms with van der Waals surface area (Å²) in [5.41, 5.74) is 11.3. The summed E-state index contributed by atoms with van der Waals surface area (Å²) in [6, 6.07) is 3.74. The number of urea groups is 1. The van der Waals surface area contributed by atoms with Gasteiger partial charge in [0.15, 0.2) is 0 Å². The van der Waals surface area contributed by atoms with Gasteiger partial charge in [0.05, 0.1) is 11.7 Å². The van der Waals surface area contributed by atoms with E-state index in [1.54, 1.807) is 0 Å². The molecular weight excluding hydrogens is 392 g/mol. The number of nitrogens with zero attached hydrogens (tertiary/aromatic N) is 1. The Kier molecular flexibility index (Phi) is 7.64. The van der Waals surface area contributed by atoms with Crippen molar-refractivity contribution in [2.75, 3.05) is 16.8 Å². The van der Waals surface area contributed by atoms with E-state index in [0.717, 1.165) is 4.90 Å². The van der Waals surface area contributed by atoms with Crippen LogP contribution in [0.15, 0.2) is 36.4 Å². The summed E-state index contributed by atoms with van der Waals surface area (Å²) in [5.74, 6) is -1.86. The van der Waals surface area contributed by atoms with Crippen molar-refractivity contribution in [2.24, 2.45) is 11.5 Å². The first kappa shape index (κ1) is 22.6. The van der Waals surface area contributed by atoms with Gasteiger partial charge in [-0.15, -0.1) is 0 Å². The van der Waals surface area contributed by atoms with E-state index >= 15 is 0 Å². The molecule has 0 aromatic heterocycles. The molecule has 11 heteroatoms. The molecule has 11 nitrogen and oxygen atoms in total. The van der Waals surface area contributed by atoms with Crippen LogP contribution in [0.25, 0.3) is 0 Å². The molecule has 30 heavy (non-hydrogen) atoms. The molecule has 0 aliphatic carbocycles. The molecule has 1 aromatic rings. The van der Waals surface area contributed by atoms with Crippen LogP contribution < -0.4 is 32.3 Å². The number of hydrogen-bond acceptors (Lipinski definition) is 6. The van der Waals surface area contributed by atoms with Gasteiger partial charge in [-0.3, -0.25) is 19.2 Å². The predicted molar refractivity (Wildman–Crippen MR) is 109 cm³/mol. The summed E-state index contributed by atoms with van der Waals surface area (Å²) in [7, 11) is 0. The Morgan fingerprint density at radius 2 is 1.63 bits per heavy atom. The summed E-state index contributed by atoms with van der Waals surface area (Å²) in [5, 5.41) is 7.64. The smallest absolute Gasteiger partial charge is 0.312 e. The highest BCUT2D eigenvalue weighted by molar-refractivity contribution is 6.28. The number of nitrogens with one attached hydrogen (secondary N) is 3. The highest BCUT2D eigenvalue weighted by Gasteiger charge is 2.25. The third-order valence-corrected chi connectivity index (χ3v) is 4.22. The Bertz CT molecular complexity index is 847. The molecule has 0 fully saturated rings. The second-order valence-electron chi connectivity index (χ2n) is 6.66. The number of anilines is 2. The zero-order valence-corrected chi connectivity index (χ0v) is 16.4. The van der Waals surface area contributed by atoms with Gasteiger partial charge in [-0.1, -0.05) is 0 Å². The number of primary amides is 1. The Balaban J connectivity index is 2.02. The first-order chi connectivity index (χ1) is 14.2. The Hall–Kier alpha value is -3.73. The number of carbonyl (C=O) groups excluding carboxylic acids is 5. The number of carbonyl (C=O) groups is 5. The zero-order valence-electron chi connectivity index (χ0n) is 16.4. The van der Waals surface area contributed by atoms with E-state index in [2.05, 4.69) is 16.0 Å². The maximum atomic E-state index is 12.6. The molecule has 1 unspecified atom stereocenters. The molecule has 0 saturated carbocycles. The third-order valence-electron chi connectivity index (χ3n) is 4.22. The highest BCUT2D eigenvalue weighted by Crippen LogP contribution is 2.21. The minimum atomic E-state index is -0.885. The average Bonchev–Trinajstić information content (AvgIpc) is 3.02. The summed E-state index contributed by atoms with van der Waals surface area (Å²) in [6.07, 6.45) is 2.99. The third kappa shape index (κ3) is 6.14. The highest BCUT2D eigenvalue weighted by atomic mass is 16.2. The zero-order chi connectivity index (χ0) is 22.3. The standard InChI is InChI=1S/C19H24N6O5/c1-11(20)17(28)24-14(3-2-10-22-19(21)30)18(29)23-12-4-6-13(7-5-12)25-15(26)8-9-16(25)27/h4-9,11,14H,2-3,10,20H2,1H3,(H,23,29)(H,24,28)(H3,21,22,30)/t11?,14-/m0/s1.